The fourth-order valence-electron chi connectivity index (χ4n) is 3.74. The molecule has 0 spiro atoms. The molecular weight excluding hydrogens is 490 g/mol. The molecule has 1 N–H and O–H groups in total. The van der Waals surface area contributed by atoms with E-state index in [1.165, 1.54) is 6.21 Å². The Bertz CT molecular complexity index is 1520. The van der Waals surface area contributed by atoms with Gasteiger partial charge in [0.05, 0.1) is 24.5 Å². The molecule has 8 heteroatoms. The van der Waals surface area contributed by atoms with E-state index in [-0.39, 0.29) is 12.4 Å². The van der Waals surface area contributed by atoms with Gasteiger partial charge in [0.1, 0.15) is 12.2 Å². The minimum atomic E-state index is -0.490. The maximum Gasteiger partial charge on any atom is 0.307 e. The maximum absolute atomic E-state index is 12.5. The summed E-state index contributed by atoms with van der Waals surface area (Å²) in [6.45, 7) is 6.35. The number of allylic oxidation sites excluding steroid dienone is 1. The number of benzene rings is 3. The van der Waals surface area contributed by atoms with E-state index in [9.17, 15) is 10.1 Å². The summed E-state index contributed by atoms with van der Waals surface area (Å²) in [6, 6.07) is 19.9. The molecule has 186 valence electrons. The maximum atomic E-state index is 12.5. The van der Waals surface area contributed by atoms with Crippen LogP contribution in [-0.4, -0.2) is 18.7 Å². The number of rotatable bonds is 10. The number of nitrogens with one attached hydrogen (secondary N) is 1. The highest BCUT2D eigenvalue weighted by Gasteiger charge is 2.15. The lowest BCUT2D eigenvalue weighted by atomic mass is 10.1. The Morgan fingerprint density at radius 2 is 2.00 bits per heavy atom. The molecule has 0 aliphatic rings. The van der Waals surface area contributed by atoms with Crippen molar-refractivity contribution in [2.45, 2.75) is 20.0 Å². The monoisotopic (exact) mass is 513 g/mol. The number of nitrogens with zero attached hydrogens (tertiary/aromatic N) is 2. The summed E-state index contributed by atoms with van der Waals surface area (Å²) in [5.41, 5.74) is 5.89. The highest BCUT2D eigenvalue weighted by Crippen LogP contribution is 2.34. The van der Waals surface area contributed by atoms with Gasteiger partial charge in [-0.05, 0) is 61.4 Å². The molecule has 4 rings (SSSR count). The number of halogens is 1. The zero-order valence-corrected chi connectivity index (χ0v) is 20.9. The zero-order valence-electron chi connectivity index (χ0n) is 20.2. The van der Waals surface area contributed by atoms with E-state index in [1.807, 2.05) is 31.2 Å². The highest BCUT2D eigenvalue weighted by atomic mass is 35.5. The lowest BCUT2D eigenvalue weighted by Crippen LogP contribution is -2.16. The molecule has 0 bridgehead atoms. The molecule has 0 atom stereocenters. The Kier molecular flexibility index (Phi) is 8.24. The van der Waals surface area contributed by atoms with Crippen molar-refractivity contribution in [3.8, 4) is 17.6 Å². The van der Waals surface area contributed by atoms with Crippen molar-refractivity contribution in [2.24, 2.45) is 5.10 Å². The third kappa shape index (κ3) is 6.18. The smallest absolute Gasteiger partial charge is 0.307 e. The number of hydrazone groups is 1. The fourth-order valence-corrected chi connectivity index (χ4v) is 3.92. The van der Waals surface area contributed by atoms with Crippen LogP contribution in [0.1, 0.15) is 39.7 Å². The summed E-state index contributed by atoms with van der Waals surface area (Å²) in [5.74, 6) is 0.726. The highest BCUT2D eigenvalue weighted by molar-refractivity contribution is 6.31. The molecule has 3 aromatic carbocycles. The molecule has 1 amide bonds. The quantitative estimate of drug-likeness (QED) is 0.150. The number of hydrogen-bond donors (Lipinski definition) is 1. The van der Waals surface area contributed by atoms with E-state index in [0.717, 1.165) is 16.5 Å². The SMILES string of the molecule is C=CCc1cc(/C=N/NC(=O)c2cc3cc(Cl)ccc3o2)cc(OCC)c1OCc1ccccc1C#N. The lowest BCUT2D eigenvalue weighted by molar-refractivity contribution is 0.0929. The summed E-state index contributed by atoms with van der Waals surface area (Å²) in [6.07, 6.45) is 3.80. The number of ether oxygens (including phenoxy) is 2. The number of furan rings is 1. The number of carbonyl (C=O) groups excluding carboxylic acids is 1. The second-order valence-corrected chi connectivity index (χ2v) is 8.42. The normalized spacial score (nSPS) is 10.8. The number of carbonyl (C=O) groups is 1. The number of hydrogen-bond acceptors (Lipinski definition) is 6. The molecule has 0 fully saturated rings. The van der Waals surface area contributed by atoms with Gasteiger partial charge in [0.15, 0.2) is 17.3 Å². The molecule has 0 saturated carbocycles. The molecule has 0 saturated heterocycles. The Hall–Kier alpha value is -4.54. The predicted molar refractivity (Wildman–Crippen MR) is 143 cm³/mol. The van der Waals surface area contributed by atoms with Crippen LogP contribution < -0.4 is 14.9 Å². The standard InChI is InChI=1S/C29H24ClN3O4/c1-3-7-20-12-19(17-32-33-29(34)27-15-23-14-24(30)10-11-25(23)37-27)13-26(35-4-2)28(20)36-18-22-9-6-5-8-21(22)16-31/h3,5-6,8-15,17H,1,4,7,18H2,2H3,(H,33,34)/b32-17+. The number of amides is 1. The van der Waals surface area contributed by atoms with Crippen molar-refractivity contribution in [2.75, 3.05) is 6.61 Å². The second kappa shape index (κ2) is 11.9. The summed E-state index contributed by atoms with van der Waals surface area (Å²) in [7, 11) is 0. The summed E-state index contributed by atoms with van der Waals surface area (Å²) >= 11 is 6.00. The van der Waals surface area contributed by atoms with Crippen molar-refractivity contribution in [1.29, 1.82) is 5.26 Å². The third-order valence-electron chi connectivity index (χ3n) is 5.41. The summed E-state index contributed by atoms with van der Waals surface area (Å²) < 4.78 is 17.6. The van der Waals surface area contributed by atoms with E-state index in [1.54, 1.807) is 42.5 Å². The second-order valence-electron chi connectivity index (χ2n) is 7.98. The van der Waals surface area contributed by atoms with Gasteiger partial charge in [-0.1, -0.05) is 35.9 Å². The Morgan fingerprint density at radius 1 is 1.16 bits per heavy atom. The molecule has 0 aliphatic heterocycles. The summed E-state index contributed by atoms with van der Waals surface area (Å²) in [4.78, 5) is 12.5. The lowest BCUT2D eigenvalue weighted by Gasteiger charge is -2.17. The van der Waals surface area contributed by atoms with Crippen molar-refractivity contribution in [3.63, 3.8) is 0 Å². The van der Waals surface area contributed by atoms with E-state index in [2.05, 4.69) is 23.2 Å². The average Bonchev–Trinajstić information content (AvgIpc) is 3.32. The van der Waals surface area contributed by atoms with E-state index >= 15 is 0 Å². The third-order valence-corrected chi connectivity index (χ3v) is 5.64. The Morgan fingerprint density at radius 3 is 2.78 bits per heavy atom. The molecule has 7 nitrogen and oxygen atoms in total. The van der Waals surface area contributed by atoms with Crippen LogP contribution in [-0.2, 0) is 13.0 Å². The van der Waals surface area contributed by atoms with Crippen LogP contribution in [0.25, 0.3) is 11.0 Å². The van der Waals surface area contributed by atoms with E-state index < -0.39 is 5.91 Å². The van der Waals surface area contributed by atoms with E-state index in [4.69, 9.17) is 25.5 Å². The van der Waals surface area contributed by atoms with Crippen LogP contribution in [0.3, 0.4) is 0 Å². The van der Waals surface area contributed by atoms with Crippen LogP contribution in [0.2, 0.25) is 5.02 Å². The van der Waals surface area contributed by atoms with Crippen LogP contribution in [0.5, 0.6) is 11.5 Å². The topological polar surface area (TPSA) is 96.8 Å². The molecule has 37 heavy (non-hydrogen) atoms. The van der Waals surface area contributed by atoms with Gasteiger partial charge >= 0.3 is 5.91 Å². The van der Waals surface area contributed by atoms with Crippen molar-refractivity contribution in [3.05, 3.63) is 106 Å². The van der Waals surface area contributed by atoms with Gasteiger partial charge in [-0.3, -0.25) is 4.79 Å². The van der Waals surface area contributed by atoms with Gasteiger partial charge in [-0.15, -0.1) is 6.58 Å². The fraction of sp³-hybridized carbons (Fsp3) is 0.138. The average molecular weight is 514 g/mol. The molecule has 1 heterocycles. The van der Waals surface area contributed by atoms with Crippen LogP contribution >= 0.6 is 11.6 Å². The molecule has 4 aromatic rings. The minimum Gasteiger partial charge on any atom is -0.490 e. The Balaban J connectivity index is 1.54. The van der Waals surface area contributed by atoms with E-state index in [0.29, 0.717) is 46.3 Å². The van der Waals surface area contributed by atoms with Crippen LogP contribution in [0.4, 0.5) is 0 Å². The Labute approximate surface area is 219 Å². The van der Waals surface area contributed by atoms with Gasteiger partial charge in [-0.25, -0.2) is 5.43 Å². The van der Waals surface area contributed by atoms with Crippen molar-refractivity contribution in [1.82, 2.24) is 5.43 Å². The first-order valence-electron chi connectivity index (χ1n) is 11.6. The van der Waals surface area contributed by atoms with Gasteiger partial charge in [0.2, 0.25) is 0 Å². The number of fused-ring (bicyclic) bond motifs is 1. The van der Waals surface area contributed by atoms with Gasteiger partial charge in [0, 0.05) is 21.5 Å². The first kappa shape index (κ1) is 25.5. The van der Waals surface area contributed by atoms with Crippen molar-refractivity contribution < 1.29 is 18.7 Å². The largest absolute Gasteiger partial charge is 0.490 e. The van der Waals surface area contributed by atoms with Crippen LogP contribution in [0.15, 0.2) is 82.8 Å². The van der Waals surface area contributed by atoms with Crippen LogP contribution in [0, 0.1) is 11.3 Å². The predicted octanol–water partition coefficient (Wildman–Crippen LogP) is 6.43. The molecule has 0 radical (unpaired) electrons. The molecule has 0 unspecified atom stereocenters. The molecule has 0 aliphatic carbocycles. The first-order valence-corrected chi connectivity index (χ1v) is 11.9. The minimum absolute atomic E-state index is 0.123. The molecule has 1 aromatic heterocycles. The molecular formula is C29H24ClN3O4. The summed E-state index contributed by atoms with van der Waals surface area (Å²) in [5, 5.41) is 14.7. The van der Waals surface area contributed by atoms with Gasteiger partial charge in [-0.2, -0.15) is 10.4 Å². The van der Waals surface area contributed by atoms with Gasteiger partial charge < -0.3 is 13.9 Å². The number of nitriles is 1. The van der Waals surface area contributed by atoms with Crippen molar-refractivity contribution >= 4 is 34.7 Å². The first-order chi connectivity index (χ1) is 18.0. The van der Waals surface area contributed by atoms with Gasteiger partial charge in [0.25, 0.3) is 0 Å². The zero-order chi connectivity index (χ0) is 26.2.